The Balaban J connectivity index is 0.00000264. The van der Waals surface area contributed by atoms with E-state index in [2.05, 4.69) is 53.1 Å². The molecule has 23 heavy (non-hydrogen) atoms. The van der Waals surface area contributed by atoms with Crippen molar-refractivity contribution in [1.82, 2.24) is 20.4 Å². The molecule has 0 aromatic rings. The molecular weight excluding hydrogens is 401 g/mol. The SMILES string of the molecule is CCN(CCNC(=NC)NC1CN(C(C)C)CC1C)C1CC1.I. The Morgan fingerprint density at radius 2 is 2.00 bits per heavy atom. The zero-order chi connectivity index (χ0) is 16.1. The van der Waals surface area contributed by atoms with Crippen molar-refractivity contribution in [3.63, 3.8) is 0 Å². The molecule has 2 fully saturated rings. The monoisotopic (exact) mass is 437 g/mol. The van der Waals surface area contributed by atoms with Crippen molar-refractivity contribution >= 4 is 29.9 Å². The summed E-state index contributed by atoms with van der Waals surface area (Å²) in [6.07, 6.45) is 2.76. The first-order chi connectivity index (χ1) is 10.5. The molecule has 2 rings (SSSR count). The number of likely N-dealkylation sites (tertiary alicyclic amines) is 1. The van der Waals surface area contributed by atoms with E-state index >= 15 is 0 Å². The van der Waals surface area contributed by atoms with Crippen LogP contribution < -0.4 is 10.6 Å². The highest BCUT2D eigenvalue weighted by Crippen LogP contribution is 2.25. The summed E-state index contributed by atoms with van der Waals surface area (Å²) in [6, 6.07) is 1.97. The van der Waals surface area contributed by atoms with E-state index in [1.54, 1.807) is 0 Å². The van der Waals surface area contributed by atoms with E-state index in [9.17, 15) is 0 Å². The second-order valence-electron chi connectivity index (χ2n) is 7.13. The van der Waals surface area contributed by atoms with Gasteiger partial charge in [-0.15, -0.1) is 24.0 Å². The summed E-state index contributed by atoms with van der Waals surface area (Å²) in [5, 5.41) is 7.10. The van der Waals surface area contributed by atoms with Crippen molar-refractivity contribution in [2.24, 2.45) is 10.9 Å². The van der Waals surface area contributed by atoms with Gasteiger partial charge in [-0.25, -0.2) is 0 Å². The lowest BCUT2D eigenvalue weighted by molar-refractivity contribution is 0.265. The third kappa shape index (κ3) is 6.38. The maximum absolute atomic E-state index is 4.40. The van der Waals surface area contributed by atoms with Gasteiger partial charge < -0.3 is 10.6 Å². The fourth-order valence-electron chi connectivity index (χ4n) is 3.34. The Morgan fingerprint density at radius 3 is 2.48 bits per heavy atom. The Morgan fingerprint density at radius 1 is 1.30 bits per heavy atom. The van der Waals surface area contributed by atoms with Gasteiger partial charge in [-0.2, -0.15) is 0 Å². The highest BCUT2D eigenvalue weighted by Gasteiger charge is 2.31. The maximum Gasteiger partial charge on any atom is 0.191 e. The highest BCUT2D eigenvalue weighted by atomic mass is 127. The van der Waals surface area contributed by atoms with Crippen molar-refractivity contribution < 1.29 is 0 Å². The average molecular weight is 437 g/mol. The van der Waals surface area contributed by atoms with Crippen LogP contribution >= 0.6 is 24.0 Å². The minimum atomic E-state index is 0. The Bertz CT molecular complexity index is 370. The molecule has 0 spiro atoms. The fourth-order valence-corrected chi connectivity index (χ4v) is 3.34. The molecule has 136 valence electrons. The Labute approximate surface area is 159 Å². The van der Waals surface area contributed by atoms with Crippen LogP contribution in [0.3, 0.4) is 0 Å². The number of hydrogen-bond acceptors (Lipinski definition) is 3. The van der Waals surface area contributed by atoms with Gasteiger partial charge in [-0.3, -0.25) is 14.8 Å². The Hall–Kier alpha value is -0.0800. The van der Waals surface area contributed by atoms with Gasteiger partial charge in [0.05, 0.1) is 0 Å². The van der Waals surface area contributed by atoms with Crippen LogP contribution in [-0.4, -0.2) is 73.7 Å². The van der Waals surface area contributed by atoms with Gasteiger partial charge >= 0.3 is 0 Å². The van der Waals surface area contributed by atoms with Crippen LogP contribution in [0.1, 0.15) is 40.5 Å². The second-order valence-corrected chi connectivity index (χ2v) is 7.13. The van der Waals surface area contributed by atoms with Crippen LogP contribution in [0.2, 0.25) is 0 Å². The van der Waals surface area contributed by atoms with Crippen LogP contribution in [0.4, 0.5) is 0 Å². The van der Waals surface area contributed by atoms with Crippen LogP contribution in [0.15, 0.2) is 4.99 Å². The van der Waals surface area contributed by atoms with E-state index in [-0.39, 0.29) is 24.0 Å². The fraction of sp³-hybridized carbons (Fsp3) is 0.941. The van der Waals surface area contributed by atoms with E-state index in [0.29, 0.717) is 18.0 Å². The van der Waals surface area contributed by atoms with Crippen molar-refractivity contribution in [2.45, 2.75) is 58.7 Å². The molecule has 0 bridgehead atoms. The molecule has 1 saturated carbocycles. The molecule has 2 atom stereocenters. The summed E-state index contributed by atoms with van der Waals surface area (Å²) in [7, 11) is 1.87. The smallest absolute Gasteiger partial charge is 0.191 e. The van der Waals surface area contributed by atoms with Crippen molar-refractivity contribution in [2.75, 3.05) is 39.8 Å². The summed E-state index contributed by atoms with van der Waals surface area (Å²) in [6.45, 7) is 14.7. The minimum Gasteiger partial charge on any atom is -0.355 e. The van der Waals surface area contributed by atoms with Crippen molar-refractivity contribution in [1.29, 1.82) is 0 Å². The van der Waals surface area contributed by atoms with Gasteiger partial charge in [-0.05, 0) is 39.2 Å². The summed E-state index contributed by atoms with van der Waals surface area (Å²) in [5.74, 6) is 1.62. The van der Waals surface area contributed by atoms with E-state index in [1.807, 2.05) is 7.05 Å². The number of hydrogen-bond donors (Lipinski definition) is 2. The quantitative estimate of drug-likeness (QED) is 0.363. The zero-order valence-corrected chi connectivity index (χ0v) is 17.8. The topological polar surface area (TPSA) is 42.9 Å². The van der Waals surface area contributed by atoms with E-state index in [0.717, 1.165) is 38.2 Å². The third-order valence-electron chi connectivity index (χ3n) is 5.08. The zero-order valence-electron chi connectivity index (χ0n) is 15.5. The molecular formula is C17H36IN5. The first kappa shape index (κ1) is 21.0. The summed E-state index contributed by atoms with van der Waals surface area (Å²) in [5.41, 5.74) is 0. The number of likely N-dealkylation sites (N-methyl/N-ethyl adjacent to an activating group) is 1. The largest absolute Gasteiger partial charge is 0.355 e. The normalized spacial score (nSPS) is 25.8. The molecule has 1 aliphatic carbocycles. The van der Waals surface area contributed by atoms with Gasteiger partial charge in [0.2, 0.25) is 0 Å². The average Bonchev–Trinajstić information content (AvgIpc) is 3.26. The minimum absolute atomic E-state index is 0. The predicted octanol–water partition coefficient (Wildman–Crippen LogP) is 1.98. The van der Waals surface area contributed by atoms with E-state index in [4.69, 9.17) is 0 Å². The van der Waals surface area contributed by atoms with E-state index < -0.39 is 0 Å². The van der Waals surface area contributed by atoms with Gasteiger partial charge in [0.25, 0.3) is 0 Å². The lowest BCUT2D eigenvalue weighted by atomic mass is 10.1. The van der Waals surface area contributed by atoms with Crippen LogP contribution in [0, 0.1) is 5.92 Å². The third-order valence-corrected chi connectivity index (χ3v) is 5.08. The molecule has 0 aromatic carbocycles. The standard InChI is InChI=1S/C17H35N5.HI/c1-6-21(15-7-8-15)10-9-19-17(18-5)20-16-12-22(13(2)3)11-14(16)4;/h13-16H,6-12H2,1-5H3,(H2,18,19,20);1H. The molecule has 2 aliphatic rings. The van der Waals surface area contributed by atoms with Crippen molar-refractivity contribution in [3.8, 4) is 0 Å². The van der Waals surface area contributed by atoms with Gasteiger partial charge in [0, 0.05) is 51.4 Å². The van der Waals surface area contributed by atoms with Crippen molar-refractivity contribution in [3.05, 3.63) is 0 Å². The van der Waals surface area contributed by atoms with Crippen LogP contribution in [0.5, 0.6) is 0 Å². The lowest BCUT2D eigenvalue weighted by Gasteiger charge is -2.23. The Kier molecular flexibility index (Phi) is 9.15. The molecule has 2 N–H and O–H groups in total. The molecule has 0 amide bonds. The van der Waals surface area contributed by atoms with Gasteiger partial charge in [0.1, 0.15) is 0 Å². The molecule has 1 aliphatic heterocycles. The highest BCUT2D eigenvalue weighted by molar-refractivity contribution is 14.0. The number of halogens is 1. The van der Waals surface area contributed by atoms with Gasteiger partial charge in [-0.1, -0.05) is 13.8 Å². The second kappa shape index (κ2) is 10.0. The number of rotatable bonds is 7. The van der Waals surface area contributed by atoms with Gasteiger partial charge in [0.15, 0.2) is 5.96 Å². The number of nitrogens with one attached hydrogen (secondary N) is 2. The number of aliphatic imine (C=N–C) groups is 1. The molecule has 1 heterocycles. The molecule has 0 aromatic heterocycles. The van der Waals surface area contributed by atoms with E-state index in [1.165, 1.54) is 19.4 Å². The molecule has 2 unspecified atom stereocenters. The summed E-state index contributed by atoms with van der Waals surface area (Å²) < 4.78 is 0. The first-order valence-corrected chi connectivity index (χ1v) is 9.00. The molecule has 1 saturated heterocycles. The van der Waals surface area contributed by atoms with Crippen LogP contribution in [0.25, 0.3) is 0 Å². The predicted molar refractivity (Wildman–Crippen MR) is 110 cm³/mol. The molecule has 5 nitrogen and oxygen atoms in total. The number of guanidine groups is 1. The number of nitrogens with zero attached hydrogens (tertiary/aromatic N) is 3. The summed E-state index contributed by atoms with van der Waals surface area (Å²) >= 11 is 0. The summed E-state index contributed by atoms with van der Waals surface area (Å²) in [4.78, 5) is 9.51. The molecule has 0 radical (unpaired) electrons. The molecule has 6 heteroatoms. The maximum atomic E-state index is 4.40. The lowest BCUT2D eigenvalue weighted by Crippen LogP contribution is -2.48. The van der Waals surface area contributed by atoms with Crippen LogP contribution in [-0.2, 0) is 0 Å². The first-order valence-electron chi connectivity index (χ1n) is 9.00.